The highest BCUT2D eigenvalue weighted by Crippen LogP contribution is 2.36. The molecule has 1 fully saturated rings. The van der Waals surface area contributed by atoms with E-state index in [1.54, 1.807) is 9.58 Å². The molecule has 1 N–H and O–H groups in total. The van der Waals surface area contributed by atoms with Gasteiger partial charge in [-0.1, -0.05) is 66.6 Å². The van der Waals surface area contributed by atoms with Crippen molar-refractivity contribution in [2.75, 3.05) is 11.5 Å². The Labute approximate surface area is 222 Å². The van der Waals surface area contributed by atoms with E-state index in [1.165, 1.54) is 0 Å². The molecule has 0 spiro atoms. The number of hydrogen-bond acceptors (Lipinski definition) is 5. The standard InChI is InChI=1S/C30H33N5O3/c1-3-38-27-19-11-7-15-23(27)29(30(37)31-22-13-5-6-14-22)35(25-17-9-4-12-21(25)2)28(36)20-34-26-18-10-8-16-24(26)32-33-34/h4,7-12,15-19,22,29H,3,5-6,13-14,20H2,1-2H3,(H,31,37)/t29-/m0/s1. The van der Waals surface area contributed by atoms with Crippen LogP contribution in [-0.2, 0) is 16.1 Å². The number of benzene rings is 3. The highest BCUT2D eigenvalue weighted by molar-refractivity contribution is 6.02. The van der Waals surface area contributed by atoms with Crippen LogP contribution < -0.4 is 15.0 Å². The number of para-hydroxylation sites is 3. The van der Waals surface area contributed by atoms with Gasteiger partial charge < -0.3 is 10.1 Å². The van der Waals surface area contributed by atoms with Crippen molar-refractivity contribution >= 4 is 28.5 Å². The summed E-state index contributed by atoms with van der Waals surface area (Å²) in [6, 6.07) is 21.8. The van der Waals surface area contributed by atoms with E-state index in [9.17, 15) is 9.59 Å². The van der Waals surface area contributed by atoms with Crippen LogP contribution in [0.5, 0.6) is 5.75 Å². The summed E-state index contributed by atoms with van der Waals surface area (Å²) in [5.74, 6) is 0.0936. The number of nitrogens with one attached hydrogen (secondary N) is 1. The Balaban J connectivity index is 1.62. The molecule has 4 aromatic rings. The number of ether oxygens (including phenoxy) is 1. The molecule has 3 aromatic carbocycles. The van der Waals surface area contributed by atoms with Gasteiger partial charge in [-0.05, 0) is 56.5 Å². The largest absolute Gasteiger partial charge is 0.493 e. The zero-order valence-electron chi connectivity index (χ0n) is 21.8. The van der Waals surface area contributed by atoms with Gasteiger partial charge in [-0.3, -0.25) is 14.5 Å². The predicted molar refractivity (Wildman–Crippen MR) is 147 cm³/mol. The van der Waals surface area contributed by atoms with Crippen molar-refractivity contribution in [3.63, 3.8) is 0 Å². The number of aromatic nitrogens is 3. The molecule has 1 saturated carbocycles. The SMILES string of the molecule is CCOc1ccccc1[C@@H](C(=O)NC1CCCC1)N(C(=O)Cn1nnc2ccccc21)c1ccccc1C. The summed E-state index contributed by atoms with van der Waals surface area (Å²) in [6.07, 6.45) is 4.06. The molecule has 1 atom stereocenters. The third-order valence-corrected chi connectivity index (χ3v) is 7.07. The quantitative estimate of drug-likeness (QED) is 0.343. The van der Waals surface area contributed by atoms with E-state index in [1.807, 2.05) is 86.6 Å². The zero-order valence-corrected chi connectivity index (χ0v) is 21.8. The number of rotatable bonds is 9. The summed E-state index contributed by atoms with van der Waals surface area (Å²) >= 11 is 0. The smallest absolute Gasteiger partial charge is 0.249 e. The van der Waals surface area contributed by atoms with Gasteiger partial charge in [-0.2, -0.15) is 0 Å². The van der Waals surface area contributed by atoms with Crippen LogP contribution in [0.3, 0.4) is 0 Å². The number of carbonyl (C=O) groups excluding carboxylic acids is 2. The van der Waals surface area contributed by atoms with Crippen molar-refractivity contribution in [3.8, 4) is 5.75 Å². The summed E-state index contributed by atoms with van der Waals surface area (Å²) in [7, 11) is 0. The topological polar surface area (TPSA) is 89.4 Å². The third kappa shape index (κ3) is 5.25. The van der Waals surface area contributed by atoms with Crippen molar-refractivity contribution in [1.82, 2.24) is 20.3 Å². The van der Waals surface area contributed by atoms with Gasteiger partial charge in [0.25, 0.3) is 0 Å². The molecule has 1 heterocycles. The summed E-state index contributed by atoms with van der Waals surface area (Å²) < 4.78 is 7.54. The number of nitrogens with zero attached hydrogens (tertiary/aromatic N) is 4. The number of fused-ring (bicyclic) bond motifs is 1. The zero-order chi connectivity index (χ0) is 26.5. The number of hydrogen-bond donors (Lipinski definition) is 1. The highest BCUT2D eigenvalue weighted by Gasteiger charge is 2.37. The van der Waals surface area contributed by atoms with E-state index < -0.39 is 6.04 Å². The number of amides is 2. The minimum absolute atomic E-state index is 0.0706. The molecule has 196 valence electrons. The average molecular weight is 512 g/mol. The molecule has 5 rings (SSSR count). The fourth-order valence-corrected chi connectivity index (χ4v) is 5.23. The Kier molecular flexibility index (Phi) is 7.67. The van der Waals surface area contributed by atoms with Crippen molar-refractivity contribution in [1.29, 1.82) is 0 Å². The lowest BCUT2D eigenvalue weighted by molar-refractivity contribution is -0.127. The van der Waals surface area contributed by atoms with Gasteiger partial charge >= 0.3 is 0 Å². The normalized spacial score (nSPS) is 14.4. The molecule has 1 aliphatic rings. The average Bonchev–Trinajstić information content (AvgIpc) is 3.59. The molecule has 0 unspecified atom stereocenters. The first-order valence-electron chi connectivity index (χ1n) is 13.2. The molecule has 2 amide bonds. The van der Waals surface area contributed by atoms with Crippen LogP contribution in [0.4, 0.5) is 5.69 Å². The Morgan fingerprint density at radius 1 is 1.03 bits per heavy atom. The molecule has 0 bridgehead atoms. The summed E-state index contributed by atoms with van der Waals surface area (Å²) in [5, 5.41) is 11.7. The summed E-state index contributed by atoms with van der Waals surface area (Å²) in [4.78, 5) is 30.0. The predicted octanol–water partition coefficient (Wildman–Crippen LogP) is 4.97. The molecular formula is C30H33N5O3. The van der Waals surface area contributed by atoms with Gasteiger partial charge in [0.1, 0.15) is 23.9 Å². The Morgan fingerprint density at radius 2 is 1.74 bits per heavy atom. The van der Waals surface area contributed by atoms with Crippen LogP contribution in [0.2, 0.25) is 0 Å². The van der Waals surface area contributed by atoms with E-state index in [4.69, 9.17) is 4.74 Å². The number of aryl methyl sites for hydroxylation is 1. The van der Waals surface area contributed by atoms with Gasteiger partial charge in [0, 0.05) is 17.3 Å². The van der Waals surface area contributed by atoms with Gasteiger partial charge in [0.2, 0.25) is 11.8 Å². The minimum Gasteiger partial charge on any atom is -0.493 e. The molecule has 1 aliphatic carbocycles. The van der Waals surface area contributed by atoms with Crippen molar-refractivity contribution in [2.24, 2.45) is 0 Å². The van der Waals surface area contributed by atoms with Crippen LogP contribution in [0, 0.1) is 6.92 Å². The third-order valence-electron chi connectivity index (χ3n) is 7.07. The Hall–Kier alpha value is -4.20. The first kappa shape index (κ1) is 25.4. The molecule has 1 aromatic heterocycles. The molecule has 8 heteroatoms. The van der Waals surface area contributed by atoms with E-state index >= 15 is 0 Å². The fraction of sp³-hybridized carbons (Fsp3) is 0.333. The lowest BCUT2D eigenvalue weighted by atomic mass is 10.00. The molecule has 38 heavy (non-hydrogen) atoms. The van der Waals surface area contributed by atoms with E-state index in [-0.39, 0.29) is 24.4 Å². The first-order valence-corrected chi connectivity index (χ1v) is 13.2. The second kappa shape index (κ2) is 11.5. The van der Waals surface area contributed by atoms with Gasteiger partial charge in [0.05, 0.1) is 12.1 Å². The van der Waals surface area contributed by atoms with Crippen molar-refractivity contribution in [2.45, 2.75) is 58.2 Å². The second-order valence-electron chi connectivity index (χ2n) is 9.65. The maximum Gasteiger partial charge on any atom is 0.249 e. The molecule has 8 nitrogen and oxygen atoms in total. The second-order valence-corrected chi connectivity index (χ2v) is 9.65. The molecule has 0 aliphatic heterocycles. The van der Waals surface area contributed by atoms with Gasteiger partial charge in [-0.25, -0.2) is 4.68 Å². The number of carbonyl (C=O) groups is 2. The number of anilines is 1. The first-order chi connectivity index (χ1) is 18.6. The van der Waals surface area contributed by atoms with E-state index in [2.05, 4.69) is 15.6 Å². The van der Waals surface area contributed by atoms with Crippen LogP contribution in [0.25, 0.3) is 11.0 Å². The van der Waals surface area contributed by atoms with Gasteiger partial charge in [0.15, 0.2) is 0 Å². The van der Waals surface area contributed by atoms with Crippen molar-refractivity contribution < 1.29 is 14.3 Å². The van der Waals surface area contributed by atoms with E-state index in [0.29, 0.717) is 29.1 Å². The molecule has 0 saturated heterocycles. The fourth-order valence-electron chi connectivity index (χ4n) is 5.23. The molecular weight excluding hydrogens is 478 g/mol. The summed E-state index contributed by atoms with van der Waals surface area (Å²) in [6.45, 7) is 4.22. The van der Waals surface area contributed by atoms with Crippen LogP contribution in [0.1, 0.15) is 49.8 Å². The van der Waals surface area contributed by atoms with Crippen LogP contribution >= 0.6 is 0 Å². The van der Waals surface area contributed by atoms with Crippen molar-refractivity contribution in [3.05, 3.63) is 83.9 Å². The van der Waals surface area contributed by atoms with E-state index in [0.717, 1.165) is 36.8 Å². The highest BCUT2D eigenvalue weighted by atomic mass is 16.5. The lowest BCUT2D eigenvalue weighted by Crippen LogP contribution is -2.47. The Bertz CT molecular complexity index is 1430. The minimum atomic E-state index is -0.929. The maximum atomic E-state index is 14.2. The monoisotopic (exact) mass is 511 g/mol. The van der Waals surface area contributed by atoms with Gasteiger partial charge in [-0.15, -0.1) is 5.10 Å². The maximum absolute atomic E-state index is 14.2. The Morgan fingerprint density at radius 3 is 2.53 bits per heavy atom. The summed E-state index contributed by atoms with van der Waals surface area (Å²) in [5.41, 5.74) is 3.66. The lowest BCUT2D eigenvalue weighted by Gasteiger charge is -2.34. The molecule has 0 radical (unpaired) electrons. The van der Waals surface area contributed by atoms with Crippen LogP contribution in [0.15, 0.2) is 72.8 Å². The van der Waals surface area contributed by atoms with Crippen LogP contribution in [-0.4, -0.2) is 39.5 Å².